The summed E-state index contributed by atoms with van der Waals surface area (Å²) < 4.78 is 5.28. The van der Waals surface area contributed by atoms with E-state index in [1.165, 1.54) is 0 Å². The highest BCUT2D eigenvalue weighted by Crippen LogP contribution is 2.33. The topological polar surface area (TPSA) is 29.5 Å². The van der Waals surface area contributed by atoms with Gasteiger partial charge in [0.2, 0.25) is 0 Å². The van der Waals surface area contributed by atoms with Crippen LogP contribution in [0.5, 0.6) is 11.5 Å². The van der Waals surface area contributed by atoms with Gasteiger partial charge in [-0.1, -0.05) is 17.7 Å². The predicted molar refractivity (Wildman–Crippen MR) is 72.5 cm³/mol. The number of phenolic OH excluding ortho intramolecular Hbond substituents is 1. The van der Waals surface area contributed by atoms with E-state index < -0.39 is 0 Å². The summed E-state index contributed by atoms with van der Waals surface area (Å²) in [7, 11) is 1.62. The molecule has 0 atom stereocenters. The van der Waals surface area contributed by atoms with Crippen molar-refractivity contribution in [1.29, 1.82) is 0 Å². The zero-order valence-corrected chi connectivity index (χ0v) is 10.8. The average molecular weight is 232 g/mol. The van der Waals surface area contributed by atoms with Gasteiger partial charge in [-0.15, -0.1) is 6.58 Å². The second-order valence-electron chi connectivity index (χ2n) is 4.14. The van der Waals surface area contributed by atoms with Gasteiger partial charge in [0.25, 0.3) is 0 Å². The van der Waals surface area contributed by atoms with Crippen LogP contribution in [0.3, 0.4) is 0 Å². The van der Waals surface area contributed by atoms with Gasteiger partial charge in [-0.05, 0) is 38.8 Å². The number of benzene rings is 1. The molecule has 0 spiro atoms. The van der Waals surface area contributed by atoms with Crippen molar-refractivity contribution in [3.05, 3.63) is 41.5 Å². The van der Waals surface area contributed by atoms with Crippen molar-refractivity contribution in [1.82, 2.24) is 0 Å². The molecule has 1 N–H and O–H groups in total. The molecule has 0 aromatic heterocycles. The standard InChI is InChI=1S/C15H20O2/c1-5-6-12-8-10-14(17-4)13(15(12)16)9-7-11(2)3/h5-6,8,10,16H,2,7,9H2,1,3-4H3/b6-5+. The summed E-state index contributed by atoms with van der Waals surface area (Å²) in [6.07, 6.45) is 5.39. The number of aromatic hydroxyl groups is 1. The first-order valence-corrected chi connectivity index (χ1v) is 5.76. The number of rotatable bonds is 5. The second-order valence-corrected chi connectivity index (χ2v) is 4.14. The van der Waals surface area contributed by atoms with Crippen molar-refractivity contribution in [3.8, 4) is 11.5 Å². The lowest BCUT2D eigenvalue weighted by atomic mass is 10.0. The Bertz CT molecular complexity index is 431. The van der Waals surface area contributed by atoms with E-state index in [9.17, 15) is 5.11 Å². The van der Waals surface area contributed by atoms with Crippen molar-refractivity contribution in [2.24, 2.45) is 0 Å². The Labute approximate surface area is 103 Å². The van der Waals surface area contributed by atoms with Crippen LogP contribution in [0.15, 0.2) is 30.4 Å². The number of methoxy groups -OCH3 is 1. The zero-order chi connectivity index (χ0) is 12.8. The van der Waals surface area contributed by atoms with Gasteiger partial charge in [-0.25, -0.2) is 0 Å². The Morgan fingerprint density at radius 1 is 1.47 bits per heavy atom. The van der Waals surface area contributed by atoms with Crippen molar-refractivity contribution < 1.29 is 9.84 Å². The third-order valence-electron chi connectivity index (χ3n) is 2.64. The molecule has 0 unspecified atom stereocenters. The van der Waals surface area contributed by atoms with Gasteiger partial charge in [0, 0.05) is 11.1 Å². The fourth-order valence-corrected chi connectivity index (χ4v) is 1.72. The molecule has 0 aliphatic heterocycles. The van der Waals surface area contributed by atoms with Gasteiger partial charge in [0.1, 0.15) is 11.5 Å². The molecule has 1 rings (SSSR count). The molecule has 2 nitrogen and oxygen atoms in total. The van der Waals surface area contributed by atoms with Crippen LogP contribution in [-0.4, -0.2) is 12.2 Å². The van der Waals surface area contributed by atoms with Gasteiger partial charge in [0.15, 0.2) is 0 Å². The molecule has 0 radical (unpaired) electrons. The lowest BCUT2D eigenvalue weighted by molar-refractivity contribution is 0.399. The molecule has 1 aromatic rings. The number of ether oxygens (including phenoxy) is 1. The maximum atomic E-state index is 10.2. The highest BCUT2D eigenvalue weighted by molar-refractivity contribution is 5.62. The summed E-state index contributed by atoms with van der Waals surface area (Å²) in [6, 6.07) is 3.75. The molecule has 0 aliphatic carbocycles. The molecular weight excluding hydrogens is 212 g/mol. The Kier molecular flexibility index (Phi) is 4.83. The summed E-state index contributed by atoms with van der Waals surface area (Å²) in [4.78, 5) is 0. The molecule has 17 heavy (non-hydrogen) atoms. The van der Waals surface area contributed by atoms with Crippen LogP contribution in [0, 0.1) is 0 Å². The van der Waals surface area contributed by atoms with Crippen LogP contribution in [-0.2, 0) is 6.42 Å². The first-order chi connectivity index (χ1) is 8.10. The first-order valence-electron chi connectivity index (χ1n) is 5.76. The fraction of sp³-hybridized carbons (Fsp3) is 0.333. The highest BCUT2D eigenvalue weighted by Gasteiger charge is 2.11. The van der Waals surface area contributed by atoms with Gasteiger partial charge in [0.05, 0.1) is 7.11 Å². The van der Waals surface area contributed by atoms with Crippen LogP contribution < -0.4 is 4.74 Å². The van der Waals surface area contributed by atoms with E-state index in [4.69, 9.17) is 4.74 Å². The van der Waals surface area contributed by atoms with E-state index in [1.807, 2.05) is 38.1 Å². The first kappa shape index (κ1) is 13.4. The maximum absolute atomic E-state index is 10.2. The molecule has 0 heterocycles. The molecule has 2 heteroatoms. The Hall–Kier alpha value is -1.70. The largest absolute Gasteiger partial charge is 0.507 e. The minimum Gasteiger partial charge on any atom is -0.507 e. The van der Waals surface area contributed by atoms with Crippen LogP contribution >= 0.6 is 0 Å². The molecule has 0 fully saturated rings. The summed E-state index contributed by atoms with van der Waals surface area (Å²) in [5.41, 5.74) is 2.78. The number of hydrogen-bond donors (Lipinski definition) is 1. The lowest BCUT2D eigenvalue weighted by Gasteiger charge is -2.12. The number of allylic oxidation sites excluding steroid dienone is 2. The normalized spacial score (nSPS) is 10.8. The Balaban J connectivity index is 3.12. The average Bonchev–Trinajstić information content (AvgIpc) is 2.30. The van der Waals surface area contributed by atoms with Crippen molar-refractivity contribution in [2.75, 3.05) is 7.11 Å². The Morgan fingerprint density at radius 3 is 2.71 bits per heavy atom. The third kappa shape index (κ3) is 3.38. The number of phenols is 1. The quantitative estimate of drug-likeness (QED) is 0.779. The van der Waals surface area contributed by atoms with Gasteiger partial charge in [-0.3, -0.25) is 0 Å². The van der Waals surface area contributed by atoms with E-state index in [2.05, 4.69) is 6.58 Å². The minimum absolute atomic E-state index is 0.309. The monoisotopic (exact) mass is 232 g/mol. The van der Waals surface area contributed by atoms with E-state index in [0.29, 0.717) is 5.75 Å². The Morgan fingerprint density at radius 2 is 2.18 bits per heavy atom. The lowest BCUT2D eigenvalue weighted by Crippen LogP contribution is -1.95. The zero-order valence-electron chi connectivity index (χ0n) is 10.8. The summed E-state index contributed by atoms with van der Waals surface area (Å²) in [5.74, 6) is 1.04. The van der Waals surface area contributed by atoms with E-state index in [0.717, 1.165) is 35.3 Å². The molecule has 0 amide bonds. The predicted octanol–water partition coefficient (Wildman–Crippen LogP) is 3.94. The molecule has 92 valence electrons. The molecule has 0 saturated heterocycles. The van der Waals surface area contributed by atoms with Crippen LogP contribution in [0.4, 0.5) is 0 Å². The van der Waals surface area contributed by atoms with Gasteiger partial charge in [-0.2, -0.15) is 0 Å². The van der Waals surface area contributed by atoms with Crippen molar-refractivity contribution in [3.63, 3.8) is 0 Å². The van der Waals surface area contributed by atoms with Gasteiger partial charge < -0.3 is 9.84 Å². The SMILES string of the molecule is C=C(C)CCc1c(OC)ccc(/C=C/C)c1O. The molecule has 0 saturated carbocycles. The van der Waals surface area contributed by atoms with E-state index >= 15 is 0 Å². The third-order valence-corrected chi connectivity index (χ3v) is 2.64. The van der Waals surface area contributed by atoms with Crippen molar-refractivity contribution in [2.45, 2.75) is 26.7 Å². The summed E-state index contributed by atoms with van der Waals surface area (Å²) >= 11 is 0. The molecule has 1 aromatic carbocycles. The van der Waals surface area contributed by atoms with Crippen LogP contribution in [0.1, 0.15) is 31.4 Å². The van der Waals surface area contributed by atoms with Crippen LogP contribution in [0.2, 0.25) is 0 Å². The molecule has 0 aliphatic rings. The smallest absolute Gasteiger partial charge is 0.129 e. The van der Waals surface area contributed by atoms with E-state index in [-0.39, 0.29) is 0 Å². The second kappa shape index (κ2) is 6.14. The minimum atomic E-state index is 0.309. The maximum Gasteiger partial charge on any atom is 0.129 e. The summed E-state index contributed by atoms with van der Waals surface area (Å²) in [6.45, 7) is 7.79. The van der Waals surface area contributed by atoms with E-state index in [1.54, 1.807) is 7.11 Å². The molecule has 0 bridgehead atoms. The molecular formula is C15H20O2. The van der Waals surface area contributed by atoms with Gasteiger partial charge >= 0.3 is 0 Å². The van der Waals surface area contributed by atoms with Crippen molar-refractivity contribution >= 4 is 6.08 Å². The summed E-state index contributed by atoms with van der Waals surface area (Å²) in [5, 5.41) is 10.2. The fourth-order valence-electron chi connectivity index (χ4n) is 1.72. The number of hydrogen-bond acceptors (Lipinski definition) is 2. The van der Waals surface area contributed by atoms with Crippen LogP contribution in [0.25, 0.3) is 6.08 Å². The highest BCUT2D eigenvalue weighted by atomic mass is 16.5.